The highest BCUT2D eigenvalue weighted by Gasteiger charge is 2.21. The molecule has 1 aromatic rings. The second-order valence-corrected chi connectivity index (χ2v) is 5.60. The van der Waals surface area contributed by atoms with Crippen LogP contribution >= 0.6 is 0 Å². The third-order valence-corrected chi connectivity index (χ3v) is 2.86. The van der Waals surface area contributed by atoms with E-state index in [4.69, 9.17) is 9.47 Å². The molecular weight excluding hydrogens is 268 g/mol. The first kappa shape index (κ1) is 16.7. The van der Waals surface area contributed by atoms with Crippen LogP contribution in [-0.2, 0) is 19.7 Å². The molecule has 21 heavy (non-hydrogen) atoms. The van der Waals surface area contributed by atoms with Gasteiger partial charge < -0.3 is 9.47 Å². The summed E-state index contributed by atoms with van der Waals surface area (Å²) in [5, 5.41) is 0. The van der Waals surface area contributed by atoms with Gasteiger partial charge >= 0.3 is 11.9 Å². The molecule has 0 aliphatic carbocycles. The highest BCUT2D eigenvalue weighted by Crippen LogP contribution is 2.28. The average Bonchev–Trinajstić information content (AvgIpc) is 2.36. The Bertz CT molecular complexity index is 591. The van der Waals surface area contributed by atoms with Crippen LogP contribution in [0, 0.1) is 0 Å². The van der Waals surface area contributed by atoms with Crippen molar-refractivity contribution in [1.82, 2.24) is 0 Å². The number of hydrogen-bond acceptors (Lipinski definition) is 4. The molecule has 0 aliphatic heterocycles. The van der Waals surface area contributed by atoms with E-state index in [1.165, 1.54) is 6.92 Å². The van der Waals surface area contributed by atoms with Crippen LogP contribution in [0.25, 0.3) is 5.76 Å². The Morgan fingerprint density at radius 1 is 1.19 bits per heavy atom. The first-order valence-corrected chi connectivity index (χ1v) is 6.51. The van der Waals surface area contributed by atoms with Crippen LogP contribution in [0.5, 0.6) is 0 Å². The van der Waals surface area contributed by atoms with Gasteiger partial charge in [0.25, 0.3) is 0 Å². The lowest BCUT2D eigenvalue weighted by molar-refractivity contribution is -0.134. The molecule has 0 aliphatic rings. The molecule has 0 heterocycles. The SMILES string of the molecule is C=COC(=O)c1ccc(C(C)(C)C)cc1C(=C)OC(C)=O. The van der Waals surface area contributed by atoms with Gasteiger partial charge in [0.2, 0.25) is 0 Å². The van der Waals surface area contributed by atoms with Crippen LogP contribution in [0.1, 0.15) is 49.2 Å². The number of carbonyl (C=O) groups is 2. The first-order chi connectivity index (χ1) is 9.66. The fraction of sp³-hybridized carbons (Fsp3) is 0.294. The van der Waals surface area contributed by atoms with Gasteiger partial charge in [0, 0.05) is 12.5 Å². The number of hydrogen-bond donors (Lipinski definition) is 0. The highest BCUT2D eigenvalue weighted by molar-refractivity contribution is 5.95. The Morgan fingerprint density at radius 2 is 1.81 bits per heavy atom. The minimum Gasteiger partial charge on any atom is -0.432 e. The van der Waals surface area contributed by atoms with Crippen LogP contribution in [0.4, 0.5) is 0 Å². The van der Waals surface area contributed by atoms with Gasteiger partial charge in [-0.1, -0.05) is 40.0 Å². The number of benzene rings is 1. The van der Waals surface area contributed by atoms with E-state index in [9.17, 15) is 9.59 Å². The number of esters is 2. The molecule has 112 valence electrons. The third-order valence-electron chi connectivity index (χ3n) is 2.86. The molecule has 0 bridgehead atoms. The van der Waals surface area contributed by atoms with E-state index >= 15 is 0 Å². The number of rotatable bonds is 4. The maximum absolute atomic E-state index is 11.9. The Balaban J connectivity index is 3.37. The van der Waals surface area contributed by atoms with Gasteiger partial charge in [-0.15, -0.1) is 0 Å². The molecule has 0 fully saturated rings. The molecule has 0 aromatic heterocycles. The summed E-state index contributed by atoms with van der Waals surface area (Å²) in [6.07, 6.45) is 1.05. The van der Waals surface area contributed by atoms with Crippen LogP contribution in [-0.4, -0.2) is 11.9 Å². The fourth-order valence-corrected chi connectivity index (χ4v) is 1.79. The Kier molecular flexibility index (Phi) is 5.08. The lowest BCUT2D eigenvalue weighted by Crippen LogP contribution is -2.14. The third kappa shape index (κ3) is 4.31. The van der Waals surface area contributed by atoms with Crippen LogP contribution in [0.3, 0.4) is 0 Å². The largest absolute Gasteiger partial charge is 0.432 e. The molecule has 1 rings (SSSR count). The molecule has 0 spiro atoms. The van der Waals surface area contributed by atoms with Crippen molar-refractivity contribution in [3.63, 3.8) is 0 Å². The molecule has 0 saturated heterocycles. The molecule has 0 amide bonds. The maximum atomic E-state index is 11.9. The molecule has 0 radical (unpaired) electrons. The van der Waals surface area contributed by atoms with Crippen LogP contribution in [0.2, 0.25) is 0 Å². The Hall–Kier alpha value is -2.36. The van der Waals surface area contributed by atoms with Crippen molar-refractivity contribution in [3.05, 3.63) is 54.3 Å². The molecule has 4 heteroatoms. The molecular formula is C17H20O4. The summed E-state index contributed by atoms with van der Waals surface area (Å²) >= 11 is 0. The van der Waals surface area contributed by atoms with Crippen molar-refractivity contribution in [3.8, 4) is 0 Å². The summed E-state index contributed by atoms with van der Waals surface area (Å²) in [4.78, 5) is 23.0. The van der Waals surface area contributed by atoms with Crippen molar-refractivity contribution < 1.29 is 19.1 Å². The second kappa shape index (κ2) is 6.39. The normalized spacial score (nSPS) is 10.7. The lowest BCUT2D eigenvalue weighted by atomic mass is 9.85. The number of ether oxygens (including phenoxy) is 2. The second-order valence-electron chi connectivity index (χ2n) is 5.60. The summed E-state index contributed by atoms with van der Waals surface area (Å²) in [6.45, 7) is 14.5. The zero-order valence-electron chi connectivity index (χ0n) is 12.9. The van der Waals surface area contributed by atoms with Crippen LogP contribution < -0.4 is 0 Å². The van der Waals surface area contributed by atoms with Crippen molar-refractivity contribution in [2.24, 2.45) is 0 Å². The quantitative estimate of drug-likeness (QED) is 0.624. The van der Waals surface area contributed by atoms with Gasteiger partial charge in [0.05, 0.1) is 11.8 Å². The summed E-state index contributed by atoms with van der Waals surface area (Å²) in [5.41, 5.74) is 1.58. The number of carbonyl (C=O) groups excluding carboxylic acids is 2. The van der Waals surface area contributed by atoms with Gasteiger partial charge in [-0.05, 0) is 23.1 Å². The Labute approximate surface area is 125 Å². The summed E-state index contributed by atoms with van der Waals surface area (Å²) < 4.78 is 9.80. The molecule has 1 aromatic carbocycles. The van der Waals surface area contributed by atoms with Crippen molar-refractivity contribution in [2.45, 2.75) is 33.1 Å². The zero-order valence-corrected chi connectivity index (χ0v) is 12.9. The van der Waals surface area contributed by atoms with Crippen molar-refractivity contribution >= 4 is 17.7 Å². The summed E-state index contributed by atoms with van der Waals surface area (Å²) in [5.74, 6) is -0.956. The summed E-state index contributed by atoms with van der Waals surface area (Å²) in [6, 6.07) is 5.26. The van der Waals surface area contributed by atoms with E-state index < -0.39 is 11.9 Å². The topological polar surface area (TPSA) is 52.6 Å². The highest BCUT2D eigenvalue weighted by atomic mass is 16.5. The molecule has 0 atom stereocenters. The van der Waals surface area contributed by atoms with E-state index in [-0.39, 0.29) is 16.7 Å². The van der Waals surface area contributed by atoms with Crippen molar-refractivity contribution in [2.75, 3.05) is 0 Å². The van der Waals surface area contributed by atoms with Gasteiger partial charge in [0.1, 0.15) is 5.76 Å². The minimum atomic E-state index is -0.575. The molecule has 0 saturated carbocycles. The Morgan fingerprint density at radius 3 is 2.29 bits per heavy atom. The minimum absolute atomic E-state index is 0.115. The summed E-state index contributed by atoms with van der Waals surface area (Å²) in [7, 11) is 0. The van der Waals surface area contributed by atoms with E-state index in [1.807, 2.05) is 26.8 Å². The van der Waals surface area contributed by atoms with Gasteiger partial charge in [-0.25, -0.2) is 4.79 Å². The van der Waals surface area contributed by atoms with Gasteiger partial charge in [-0.3, -0.25) is 4.79 Å². The molecule has 0 unspecified atom stereocenters. The zero-order chi connectivity index (χ0) is 16.2. The maximum Gasteiger partial charge on any atom is 0.343 e. The smallest absolute Gasteiger partial charge is 0.343 e. The van der Waals surface area contributed by atoms with Gasteiger partial charge in [0.15, 0.2) is 0 Å². The standard InChI is InChI=1S/C17H20O4/c1-7-20-16(19)14-9-8-13(17(4,5)6)10-15(14)11(2)21-12(3)18/h7-10H,1-2H2,3-6H3. The monoisotopic (exact) mass is 288 g/mol. The fourth-order valence-electron chi connectivity index (χ4n) is 1.79. The molecule has 0 N–H and O–H groups in total. The predicted octanol–water partition coefficient (Wildman–Crippen LogP) is 3.82. The van der Waals surface area contributed by atoms with E-state index in [1.54, 1.807) is 12.1 Å². The van der Waals surface area contributed by atoms with Crippen molar-refractivity contribution in [1.29, 1.82) is 0 Å². The molecule has 4 nitrogen and oxygen atoms in total. The lowest BCUT2D eigenvalue weighted by Gasteiger charge is -2.21. The van der Waals surface area contributed by atoms with E-state index in [2.05, 4.69) is 13.2 Å². The first-order valence-electron chi connectivity index (χ1n) is 6.51. The van der Waals surface area contributed by atoms with E-state index in [0.717, 1.165) is 11.8 Å². The van der Waals surface area contributed by atoms with Gasteiger partial charge in [-0.2, -0.15) is 0 Å². The average molecular weight is 288 g/mol. The van der Waals surface area contributed by atoms with Crippen LogP contribution in [0.15, 0.2) is 37.6 Å². The van der Waals surface area contributed by atoms with E-state index in [0.29, 0.717) is 5.56 Å². The predicted molar refractivity (Wildman–Crippen MR) is 81.6 cm³/mol.